The van der Waals surface area contributed by atoms with Gasteiger partial charge >= 0.3 is 12.1 Å². The van der Waals surface area contributed by atoms with Crippen LogP contribution < -0.4 is 10.6 Å². The molecule has 0 fully saturated rings. The van der Waals surface area contributed by atoms with Gasteiger partial charge in [0.15, 0.2) is 0 Å². The molecule has 0 radical (unpaired) electrons. The van der Waals surface area contributed by atoms with Gasteiger partial charge in [0.25, 0.3) is 5.91 Å². The molecule has 7 heteroatoms. The first-order valence-electron chi connectivity index (χ1n) is 12.6. The number of ether oxygens (including phenoxy) is 2. The molecule has 0 bridgehead atoms. The number of amides is 2. The Morgan fingerprint density at radius 3 is 2.03 bits per heavy atom. The van der Waals surface area contributed by atoms with Crippen molar-refractivity contribution in [2.75, 3.05) is 0 Å². The minimum Gasteiger partial charge on any atom is -0.446 e. The van der Waals surface area contributed by atoms with Crippen LogP contribution in [-0.2, 0) is 20.9 Å². The molecular weight excluding hydrogens is 468 g/mol. The summed E-state index contributed by atoms with van der Waals surface area (Å²) in [5.41, 5.74) is 2.06. The van der Waals surface area contributed by atoms with Gasteiger partial charge in [0.1, 0.15) is 6.61 Å². The first-order valence-corrected chi connectivity index (χ1v) is 12.6. The molecule has 2 N–H and O–H groups in total. The van der Waals surface area contributed by atoms with Gasteiger partial charge in [0.05, 0.1) is 17.6 Å². The molecule has 194 valence electrons. The standard InChI is InChI=1S/C30H34N2O5/c1-3-4-20-26(32-30(35)36-21-23-14-8-5-9-15-23)27(37-29(34)25-18-12-7-13-19-25)28(33)31-22(2)24-16-10-6-11-17-24/h5-19,22,26-27H,3-4,20-21H2,1-2H3,(H,31,33)(H,32,35)/t22-,26+,27?/m1/s1. The quantitative estimate of drug-likeness (QED) is 0.316. The van der Waals surface area contributed by atoms with Crippen LogP contribution in [0.1, 0.15) is 60.6 Å². The summed E-state index contributed by atoms with van der Waals surface area (Å²) in [7, 11) is 0. The molecule has 3 aromatic rings. The molecule has 3 aromatic carbocycles. The van der Waals surface area contributed by atoms with Gasteiger partial charge in [-0.3, -0.25) is 4.79 Å². The first-order chi connectivity index (χ1) is 18.0. The Balaban J connectivity index is 1.78. The molecule has 0 spiro atoms. The van der Waals surface area contributed by atoms with Gasteiger partial charge in [0, 0.05) is 0 Å². The largest absolute Gasteiger partial charge is 0.446 e. The van der Waals surface area contributed by atoms with E-state index in [1.54, 1.807) is 30.3 Å². The fourth-order valence-corrected chi connectivity index (χ4v) is 3.84. The van der Waals surface area contributed by atoms with E-state index in [0.29, 0.717) is 18.4 Å². The van der Waals surface area contributed by atoms with E-state index in [1.165, 1.54) is 0 Å². The Hall–Kier alpha value is -4.13. The van der Waals surface area contributed by atoms with Crippen LogP contribution in [0.4, 0.5) is 4.79 Å². The lowest BCUT2D eigenvalue weighted by molar-refractivity contribution is -0.132. The van der Waals surface area contributed by atoms with Crippen molar-refractivity contribution in [1.82, 2.24) is 10.6 Å². The highest BCUT2D eigenvalue weighted by Crippen LogP contribution is 2.16. The number of hydrogen-bond acceptors (Lipinski definition) is 5. The molecule has 0 saturated carbocycles. The maximum Gasteiger partial charge on any atom is 0.407 e. The molecular formula is C30H34N2O5. The maximum absolute atomic E-state index is 13.5. The molecule has 0 aliphatic carbocycles. The topological polar surface area (TPSA) is 93.7 Å². The molecule has 1 unspecified atom stereocenters. The molecule has 37 heavy (non-hydrogen) atoms. The number of hydrogen-bond donors (Lipinski definition) is 2. The van der Waals surface area contributed by atoms with Gasteiger partial charge in [-0.25, -0.2) is 9.59 Å². The van der Waals surface area contributed by atoms with Gasteiger partial charge in [0.2, 0.25) is 6.10 Å². The molecule has 7 nitrogen and oxygen atoms in total. The zero-order valence-corrected chi connectivity index (χ0v) is 21.3. The van der Waals surface area contributed by atoms with Crippen LogP contribution in [-0.4, -0.2) is 30.1 Å². The van der Waals surface area contributed by atoms with Crippen molar-refractivity contribution in [3.05, 3.63) is 108 Å². The van der Waals surface area contributed by atoms with Gasteiger partial charge < -0.3 is 20.1 Å². The summed E-state index contributed by atoms with van der Waals surface area (Å²) in [6.45, 7) is 3.94. The average Bonchev–Trinajstić information content (AvgIpc) is 2.94. The highest BCUT2D eigenvalue weighted by Gasteiger charge is 2.34. The summed E-state index contributed by atoms with van der Waals surface area (Å²) in [5, 5.41) is 5.71. The summed E-state index contributed by atoms with van der Waals surface area (Å²) in [5.74, 6) is -1.14. The number of nitrogens with one attached hydrogen (secondary N) is 2. The molecule has 0 heterocycles. The summed E-state index contributed by atoms with van der Waals surface area (Å²) < 4.78 is 11.1. The van der Waals surface area contributed by atoms with Crippen molar-refractivity contribution in [2.24, 2.45) is 0 Å². The van der Waals surface area contributed by atoms with E-state index in [4.69, 9.17) is 9.47 Å². The van der Waals surface area contributed by atoms with E-state index < -0.39 is 30.1 Å². The van der Waals surface area contributed by atoms with E-state index in [2.05, 4.69) is 10.6 Å². The number of carbonyl (C=O) groups is 3. The minimum atomic E-state index is -1.25. The van der Waals surface area contributed by atoms with E-state index in [1.807, 2.05) is 74.5 Å². The van der Waals surface area contributed by atoms with Gasteiger partial charge in [-0.15, -0.1) is 0 Å². The van der Waals surface area contributed by atoms with Crippen LogP contribution in [0, 0.1) is 0 Å². The van der Waals surface area contributed by atoms with Crippen LogP contribution in [0.2, 0.25) is 0 Å². The highest BCUT2D eigenvalue weighted by molar-refractivity contribution is 5.92. The SMILES string of the molecule is CCCC[C@H](NC(=O)OCc1ccccc1)C(OC(=O)c1ccccc1)C(=O)N[C@H](C)c1ccccc1. The smallest absolute Gasteiger partial charge is 0.407 e. The summed E-state index contributed by atoms with van der Waals surface area (Å²) in [4.78, 5) is 39.1. The zero-order valence-electron chi connectivity index (χ0n) is 21.3. The maximum atomic E-state index is 13.5. The Morgan fingerprint density at radius 1 is 0.811 bits per heavy atom. The summed E-state index contributed by atoms with van der Waals surface area (Å²) >= 11 is 0. The Morgan fingerprint density at radius 2 is 1.41 bits per heavy atom. The molecule has 0 aromatic heterocycles. The molecule has 0 aliphatic rings. The summed E-state index contributed by atoms with van der Waals surface area (Å²) in [6, 6.07) is 26.1. The van der Waals surface area contributed by atoms with Crippen LogP contribution in [0.5, 0.6) is 0 Å². The van der Waals surface area contributed by atoms with Crippen molar-refractivity contribution in [3.63, 3.8) is 0 Å². The number of carbonyl (C=O) groups excluding carboxylic acids is 3. The lowest BCUT2D eigenvalue weighted by Crippen LogP contribution is -2.53. The predicted octanol–water partition coefficient (Wildman–Crippen LogP) is 5.57. The van der Waals surface area contributed by atoms with Crippen LogP contribution in [0.15, 0.2) is 91.0 Å². The Bertz CT molecular complexity index is 1120. The van der Waals surface area contributed by atoms with Gasteiger partial charge in [-0.1, -0.05) is 98.6 Å². The third kappa shape index (κ3) is 8.79. The second-order valence-electron chi connectivity index (χ2n) is 8.79. The fourth-order valence-electron chi connectivity index (χ4n) is 3.84. The molecule has 3 rings (SSSR count). The van der Waals surface area contributed by atoms with Crippen LogP contribution >= 0.6 is 0 Å². The van der Waals surface area contributed by atoms with E-state index in [9.17, 15) is 14.4 Å². The molecule has 3 atom stereocenters. The van der Waals surface area contributed by atoms with Crippen molar-refractivity contribution >= 4 is 18.0 Å². The van der Waals surface area contributed by atoms with Crippen LogP contribution in [0.3, 0.4) is 0 Å². The van der Waals surface area contributed by atoms with E-state index in [-0.39, 0.29) is 12.6 Å². The van der Waals surface area contributed by atoms with Crippen molar-refractivity contribution in [3.8, 4) is 0 Å². The lowest BCUT2D eigenvalue weighted by Gasteiger charge is -2.28. The summed E-state index contributed by atoms with van der Waals surface area (Å²) in [6.07, 6.45) is 0.0318. The first kappa shape index (κ1) is 27.5. The minimum absolute atomic E-state index is 0.0822. The second-order valence-corrected chi connectivity index (χ2v) is 8.79. The van der Waals surface area contributed by atoms with Gasteiger partial charge in [-0.05, 0) is 36.6 Å². The number of alkyl carbamates (subject to hydrolysis) is 1. The predicted molar refractivity (Wildman–Crippen MR) is 142 cm³/mol. The van der Waals surface area contributed by atoms with E-state index in [0.717, 1.165) is 17.5 Å². The number of rotatable bonds is 12. The van der Waals surface area contributed by atoms with Gasteiger partial charge in [-0.2, -0.15) is 0 Å². The number of benzene rings is 3. The van der Waals surface area contributed by atoms with E-state index >= 15 is 0 Å². The molecule has 2 amide bonds. The second kappa shape index (κ2) is 14.4. The van der Waals surface area contributed by atoms with Crippen LogP contribution in [0.25, 0.3) is 0 Å². The van der Waals surface area contributed by atoms with Crippen molar-refractivity contribution in [1.29, 1.82) is 0 Å². The highest BCUT2D eigenvalue weighted by atomic mass is 16.6. The normalized spacial score (nSPS) is 13.0. The monoisotopic (exact) mass is 502 g/mol. The Labute approximate surface area is 218 Å². The van der Waals surface area contributed by atoms with Crippen molar-refractivity contribution in [2.45, 2.75) is 57.9 Å². The lowest BCUT2D eigenvalue weighted by atomic mass is 10.0. The number of esters is 1. The zero-order chi connectivity index (χ0) is 26.5. The average molecular weight is 503 g/mol. The number of unbranched alkanes of at least 4 members (excludes halogenated alkanes) is 1. The van der Waals surface area contributed by atoms with Crippen molar-refractivity contribution < 1.29 is 23.9 Å². The fraction of sp³-hybridized carbons (Fsp3) is 0.300. The third-order valence-corrected chi connectivity index (χ3v) is 5.91. The molecule has 0 aliphatic heterocycles. The Kier molecular flexibility index (Phi) is 10.7. The third-order valence-electron chi connectivity index (χ3n) is 5.91. The molecule has 0 saturated heterocycles.